The molecular formula is C19H22N4O. The van der Waals surface area contributed by atoms with Crippen LogP contribution < -0.4 is 10.6 Å². The van der Waals surface area contributed by atoms with E-state index in [4.69, 9.17) is 0 Å². The Kier molecular flexibility index (Phi) is 3.44. The number of rotatable bonds is 3. The van der Waals surface area contributed by atoms with Crippen LogP contribution >= 0.6 is 0 Å². The maximum atomic E-state index is 12.7. The smallest absolute Gasteiger partial charge is 0.349 e. The Morgan fingerprint density at radius 3 is 2.67 bits per heavy atom. The van der Waals surface area contributed by atoms with E-state index in [2.05, 4.69) is 41.2 Å². The fourth-order valence-electron chi connectivity index (χ4n) is 3.62. The van der Waals surface area contributed by atoms with Crippen LogP contribution in [0.5, 0.6) is 0 Å². The molecule has 2 aromatic heterocycles. The molecular weight excluding hydrogens is 300 g/mol. The highest BCUT2D eigenvalue weighted by atomic mass is 16.2. The first-order valence-electron chi connectivity index (χ1n) is 8.55. The standard InChI is InChI=1S/C19H22N4O/c1-4-22-19(24)23-14(3)18(13(2)17(23)12-20-22)15-7-5-8-16(11-15)21-9-6-10-21/h5,7-8,11-12H,4,6,9-10H2,1-3H3. The molecule has 1 aliphatic heterocycles. The lowest BCUT2D eigenvalue weighted by molar-refractivity contribution is 0.585. The zero-order valence-electron chi connectivity index (χ0n) is 14.4. The number of hydrogen-bond donors (Lipinski definition) is 0. The molecule has 0 bridgehead atoms. The summed E-state index contributed by atoms with van der Waals surface area (Å²) >= 11 is 0. The van der Waals surface area contributed by atoms with Crippen molar-refractivity contribution in [1.29, 1.82) is 0 Å². The lowest BCUT2D eigenvalue weighted by atomic mass is 10.0. The summed E-state index contributed by atoms with van der Waals surface area (Å²) in [7, 11) is 0. The number of anilines is 1. The van der Waals surface area contributed by atoms with Gasteiger partial charge in [-0.3, -0.25) is 4.40 Å². The predicted molar refractivity (Wildman–Crippen MR) is 96.9 cm³/mol. The minimum Gasteiger partial charge on any atom is -0.371 e. The topological polar surface area (TPSA) is 42.5 Å². The van der Waals surface area contributed by atoms with Crippen LogP contribution in [0.25, 0.3) is 16.6 Å². The van der Waals surface area contributed by atoms with Crippen LogP contribution in [0, 0.1) is 13.8 Å². The summed E-state index contributed by atoms with van der Waals surface area (Å²) in [5.74, 6) is 0. The van der Waals surface area contributed by atoms with Crippen molar-refractivity contribution in [2.45, 2.75) is 33.7 Å². The molecule has 3 aromatic rings. The van der Waals surface area contributed by atoms with Gasteiger partial charge < -0.3 is 4.90 Å². The minimum atomic E-state index is -0.0688. The molecule has 0 amide bonds. The van der Waals surface area contributed by atoms with Crippen molar-refractivity contribution < 1.29 is 0 Å². The van der Waals surface area contributed by atoms with Gasteiger partial charge in [-0.2, -0.15) is 5.10 Å². The predicted octanol–water partition coefficient (Wildman–Crippen LogP) is 3.01. The molecule has 0 atom stereocenters. The van der Waals surface area contributed by atoms with E-state index in [1.54, 1.807) is 10.6 Å². The van der Waals surface area contributed by atoms with Crippen LogP contribution in [0.4, 0.5) is 5.69 Å². The third kappa shape index (κ3) is 2.08. The second kappa shape index (κ2) is 5.51. The van der Waals surface area contributed by atoms with Crippen LogP contribution in [-0.2, 0) is 6.54 Å². The van der Waals surface area contributed by atoms with Gasteiger partial charge in [0, 0.05) is 36.6 Å². The van der Waals surface area contributed by atoms with E-state index in [0.717, 1.165) is 35.4 Å². The SMILES string of the molecule is CCn1ncc2c(C)c(-c3cccc(N4CCC4)c3)c(C)n2c1=O. The van der Waals surface area contributed by atoms with Gasteiger partial charge in [0.05, 0.1) is 11.7 Å². The van der Waals surface area contributed by atoms with Gasteiger partial charge in [0.25, 0.3) is 0 Å². The Balaban J connectivity index is 1.94. The summed E-state index contributed by atoms with van der Waals surface area (Å²) in [5, 5.41) is 4.28. The van der Waals surface area contributed by atoms with E-state index >= 15 is 0 Å². The Morgan fingerprint density at radius 2 is 2.00 bits per heavy atom. The fraction of sp³-hybridized carbons (Fsp3) is 0.368. The van der Waals surface area contributed by atoms with E-state index < -0.39 is 0 Å². The quantitative estimate of drug-likeness (QED) is 0.744. The number of benzene rings is 1. The van der Waals surface area contributed by atoms with Gasteiger partial charge in [0.15, 0.2) is 0 Å². The third-order valence-electron chi connectivity index (χ3n) is 5.08. The minimum absolute atomic E-state index is 0.0688. The molecule has 1 fully saturated rings. The first-order valence-corrected chi connectivity index (χ1v) is 8.55. The summed E-state index contributed by atoms with van der Waals surface area (Å²) in [4.78, 5) is 15.0. The molecule has 0 unspecified atom stereocenters. The molecule has 0 saturated carbocycles. The highest BCUT2D eigenvalue weighted by Crippen LogP contribution is 2.34. The van der Waals surface area contributed by atoms with Crippen molar-refractivity contribution in [3.63, 3.8) is 0 Å². The lowest BCUT2D eigenvalue weighted by Crippen LogP contribution is -2.36. The number of hydrogen-bond acceptors (Lipinski definition) is 3. The summed E-state index contributed by atoms with van der Waals surface area (Å²) in [5.41, 5.74) is 6.49. The highest BCUT2D eigenvalue weighted by molar-refractivity contribution is 5.80. The molecule has 0 radical (unpaired) electrons. The van der Waals surface area contributed by atoms with E-state index in [1.807, 2.05) is 13.8 Å². The van der Waals surface area contributed by atoms with Gasteiger partial charge in [-0.05, 0) is 50.5 Å². The van der Waals surface area contributed by atoms with Gasteiger partial charge in [0.2, 0.25) is 0 Å². The average Bonchev–Trinajstić information content (AvgIpc) is 2.78. The third-order valence-corrected chi connectivity index (χ3v) is 5.08. The van der Waals surface area contributed by atoms with E-state index in [9.17, 15) is 4.79 Å². The van der Waals surface area contributed by atoms with E-state index in [0.29, 0.717) is 6.54 Å². The molecule has 124 valence electrons. The molecule has 3 heterocycles. The van der Waals surface area contributed by atoms with Gasteiger partial charge in [0.1, 0.15) is 0 Å². The molecule has 24 heavy (non-hydrogen) atoms. The number of aryl methyl sites for hydroxylation is 3. The molecule has 0 spiro atoms. The van der Waals surface area contributed by atoms with E-state index in [-0.39, 0.29) is 5.69 Å². The Hall–Kier alpha value is -2.56. The zero-order chi connectivity index (χ0) is 16.8. The summed E-state index contributed by atoms with van der Waals surface area (Å²) in [6.07, 6.45) is 3.07. The second-order valence-electron chi connectivity index (χ2n) is 6.44. The van der Waals surface area contributed by atoms with Gasteiger partial charge in [-0.1, -0.05) is 12.1 Å². The lowest BCUT2D eigenvalue weighted by Gasteiger charge is -2.33. The van der Waals surface area contributed by atoms with Gasteiger partial charge in [-0.15, -0.1) is 0 Å². The number of aromatic nitrogens is 3. The van der Waals surface area contributed by atoms with Crippen LogP contribution in [0.2, 0.25) is 0 Å². The van der Waals surface area contributed by atoms with Crippen LogP contribution in [-0.4, -0.2) is 27.3 Å². The van der Waals surface area contributed by atoms with E-state index in [1.165, 1.54) is 22.4 Å². The molecule has 1 saturated heterocycles. The molecule has 4 rings (SSSR count). The van der Waals surface area contributed by atoms with Crippen LogP contribution in [0.15, 0.2) is 35.3 Å². The summed E-state index contributed by atoms with van der Waals surface area (Å²) in [6.45, 7) is 8.86. The first kappa shape index (κ1) is 15.0. The number of nitrogens with zero attached hydrogens (tertiary/aromatic N) is 4. The van der Waals surface area contributed by atoms with Gasteiger partial charge >= 0.3 is 5.69 Å². The molecule has 5 nitrogen and oxygen atoms in total. The average molecular weight is 322 g/mol. The molecule has 1 aliphatic rings. The van der Waals surface area contributed by atoms with Crippen molar-refractivity contribution in [2.24, 2.45) is 0 Å². The zero-order valence-corrected chi connectivity index (χ0v) is 14.4. The van der Waals surface area contributed by atoms with Crippen LogP contribution in [0.3, 0.4) is 0 Å². The maximum Gasteiger partial charge on any atom is 0.349 e. The Labute approximate surface area is 141 Å². The van der Waals surface area contributed by atoms with Gasteiger partial charge in [-0.25, -0.2) is 9.48 Å². The molecule has 0 aliphatic carbocycles. The molecule has 1 aromatic carbocycles. The second-order valence-corrected chi connectivity index (χ2v) is 6.44. The van der Waals surface area contributed by atoms with Crippen molar-refractivity contribution in [2.75, 3.05) is 18.0 Å². The summed E-state index contributed by atoms with van der Waals surface area (Å²) < 4.78 is 3.29. The van der Waals surface area contributed by atoms with Crippen molar-refractivity contribution in [3.05, 3.63) is 52.2 Å². The maximum absolute atomic E-state index is 12.7. The molecule has 5 heteroatoms. The number of fused-ring (bicyclic) bond motifs is 1. The monoisotopic (exact) mass is 322 g/mol. The van der Waals surface area contributed by atoms with Crippen molar-refractivity contribution in [1.82, 2.24) is 14.2 Å². The van der Waals surface area contributed by atoms with Crippen molar-refractivity contribution in [3.8, 4) is 11.1 Å². The fourth-order valence-corrected chi connectivity index (χ4v) is 3.62. The Morgan fingerprint density at radius 1 is 1.21 bits per heavy atom. The summed E-state index contributed by atoms with van der Waals surface area (Å²) in [6, 6.07) is 8.63. The normalized spacial score (nSPS) is 14.2. The van der Waals surface area contributed by atoms with Crippen LogP contribution in [0.1, 0.15) is 24.6 Å². The molecule has 0 N–H and O–H groups in total. The Bertz CT molecular complexity index is 979. The first-order chi connectivity index (χ1) is 11.6. The highest BCUT2D eigenvalue weighted by Gasteiger charge is 2.19. The van der Waals surface area contributed by atoms with Crippen molar-refractivity contribution >= 4 is 11.2 Å². The largest absolute Gasteiger partial charge is 0.371 e.